The SMILES string of the molecule is CCOc1ccccc1C1NN=C2C3CCN(CC3)C21. The molecular formula is C16H21N3O. The number of fused-ring (bicyclic) bond motifs is 2. The fourth-order valence-electron chi connectivity index (χ4n) is 3.92. The number of hydrogen-bond donors (Lipinski definition) is 1. The molecule has 0 aromatic heterocycles. The highest BCUT2D eigenvalue weighted by atomic mass is 16.5. The van der Waals surface area contributed by atoms with Crippen molar-refractivity contribution in [3.8, 4) is 5.75 Å². The van der Waals surface area contributed by atoms with Crippen molar-refractivity contribution in [2.45, 2.75) is 31.8 Å². The smallest absolute Gasteiger partial charge is 0.124 e. The molecule has 106 valence electrons. The average Bonchev–Trinajstić information content (AvgIpc) is 2.96. The highest BCUT2D eigenvalue weighted by molar-refractivity contribution is 5.95. The minimum Gasteiger partial charge on any atom is -0.494 e. The molecule has 1 aromatic carbocycles. The van der Waals surface area contributed by atoms with Gasteiger partial charge in [-0.25, -0.2) is 0 Å². The molecule has 0 aliphatic carbocycles. The van der Waals surface area contributed by atoms with Crippen LogP contribution < -0.4 is 10.2 Å². The fourth-order valence-corrected chi connectivity index (χ4v) is 3.92. The molecule has 1 aromatic rings. The summed E-state index contributed by atoms with van der Waals surface area (Å²) in [4.78, 5) is 2.59. The van der Waals surface area contributed by atoms with Gasteiger partial charge < -0.3 is 10.2 Å². The van der Waals surface area contributed by atoms with Crippen molar-refractivity contribution in [2.24, 2.45) is 11.0 Å². The molecule has 3 saturated heterocycles. The Morgan fingerprint density at radius 2 is 2.10 bits per heavy atom. The van der Waals surface area contributed by atoms with Crippen LogP contribution in [0.5, 0.6) is 5.75 Å². The summed E-state index contributed by atoms with van der Waals surface area (Å²) in [5, 5.41) is 4.67. The summed E-state index contributed by atoms with van der Waals surface area (Å²) in [6.45, 7) is 5.16. The van der Waals surface area contributed by atoms with Crippen LogP contribution in [-0.4, -0.2) is 36.3 Å². The van der Waals surface area contributed by atoms with Crippen LogP contribution in [0.2, 0.25) is 0 Å². The van der Waals surface area contributed by atoms with Gasteiger partial charge in [0.1, 0.15) is 5.75 Å². The van der Waals surface area contributed by atoms with Crippen molar-refractivity contribution in [1.82, 2.24) is 10.3 Å². The molecule has 3 fully saturated rings. The minimum absolute atomic E-state index is 0.246. The number of benzene rings is 1. The number of hydrogen-bond acceptors (Lipinski definition) is 4. The molecule has 4 aliphatic rings. The van der Waals surface area contributed by atoms with Gasteiger partial charge in [0, 0.05) is 11.5 Å². The largest absolute Gasteiger partial charge is 0.494 e. The first-order chi connectivity index (χ1) is 9.88. The number of ether oxygens (including phenoxy) is 1. The number of hydrazone groups is 1. The summed E-state index contributed by atoms with van der Waals surface area (Å²) < 4.78 is 5.80. The molecule has 4 nitrogen and oxygen atoms in total. The van der Waals surface area contributed by atoms with Crippen LogP contribution in [0.1, 0.15) is 31.4 Å². The molecule has 0 amide bonds. The normalized spacial score (nSPS) is 34.4. The van der Waals surface area contributed by atoms with Gasteiger partial charge in [-0.3, -0.25) is 4.90 Å². The van der Waals surface area contributed by atoms with Crippen LogP contribution in [0.4, 0.5) is 0 Å². The molecular weight excluding hydrogens is 250 g/mol. The van der Waals surface area contributed by atoms with Crippen molar-refractivity contribution < 1.29 is 4.74 Å². The molecule has 0 radical (unpaired) electrons. The predicted molar refractivity (Wildman–Crippen MR) is 79.0 cm³/mol. The van der Waals surface area contributed by atoms with Gasteiger partial charge in [-0.05, 0) is 38.9 Å². The monoisotopic (exact) mass is 271 g/mol. The molecule has 1 N–H and O–H groups in total. The molecule has 2 unspecified atom stereocenters. The van der Waals surface area contributed by atoms with Crippen molar-refractivity contribution in [3.63, 3.8) is 0 Å². The number of para-hydroxylation sites is 1. The van der Waals surface area contributed by atoms with Gasteiger partial charge in [-0.1, -0.05) is 18.2 Å². The number of rotatable bonds is 3. The zero-order valence-corrected chi connectivity index (χ0v) is 11.9. The Morgan fingerprint density at radius 1 is 1.30 bits per heavy atom. The molecule has 4 heterocycles. The Balaban J connectivity index is 1.68. The Hall–Kier alpha value is -1.55. The maximum Gasteiger partial charge on any atom is 0.124 e. The summed E-state index contributed by atoms with van der Waals surface area (Å²) in [6, 6.07) is 9.05. The van der Waals surface area contributed by atoms with Gasteiger partial charge in [0.25, 0.3) is 0 Å². The Bertz CT molecular complexity index is 534. The fraction of sp³-hybridized carbons (Fsp3) is 0.562. The summed E-state index contributed by atoms with van der Waals surface area (Å²) >= 11 is 0. The maximum absolute atomic E-state index is 5.80. The minimum atomic E-state index is 0.246. The van der Waals surface area contributed by atoms with Crippen LogP contribution in [0, 0.1) is 5.92 Å². The summed E-state index contributed by atoms with van der Waals surface area (Å²) in [7, 11) is 0. The van der Waals surface area contributed by atoms with E-state index in [1.165, 1.54) is 37.2 Å². The van der Waals surface area contributed by atoms with Crippen LogP contribution in [0.25, 0.3) is 0 Å². The average molecular weight is 271 g/mol. The molecule has 4 heteroatoms. The summed E-state index contributed by atoms with van der Waals surface area (Å²) in [6.07, 6.45) is 2.55. The number of nitrogens with one attached hydrogen (secondary N) is 1. The van der Waals surface area contributed by atoms with Crippen LogP contribution in [-0.2, 0) is 0 Å². The van der Waals surface area contributed by atoms with E-state index in [-0.39, 0.29) is 6.04 Å². The van der Waals surface area contributed by atoms with Gasteiger partial charge in [-0.15, -0.1) is 0 Å². The van der Waals surface area contributed by atoms with Gasteiger partial charge in [0.05, 0.1) is 24.4 Å². The standard InChI is InChI=1S/C16H21N3O/c1-2-20-13-6-4-3-5-12(13)15-16-14(17-18-15)11-7-9-19(16)10-8-11/h3-6,11,15-16,18H,2,7-10H2,1H3. The van der Waals surface area contributed by atoms with E-state index in [0.717, 1.165) is 5.75 Å². The molecule has 20 heavy (non-hydrogen) atoms. The quantitative estimate of drug-likeness (QED) is 0.915. The van der Waals surface area contributed by atoms with Crippen molar-refractivity contribution in [1.29, 1.82) is 0 Å². The molecule has 0 spiro atoms. The van der Waals surface area contributed by atoms with E-state index in [0.29, 0.717) is 18.6 Å². The van der Waals surface area contributed by atoms with Crippen LogP contribution in [0.3, 0.4) is 0 Å². The van der Waals surface area contributed by atoms with Gasteiger partial charge >= 0.3 is 0 Å². The third-order valence-electron chi connectivity index (χ3n) is 4.85. The van der Waals surface area contributed by atoms with E-state index in [1.807, 2.05) is 13.0 Å². The van der Waals surface area contributed by atoms with Gasteiger partial charge in [0.2, 0.25) is 0 Å². The van der Waals surface area contributed by atoms with Gasteiger partial charge in [-0.2, -0.15) is 5.10 Å². The molecule has 4 aliphatic heterocycles. The Morgan fingerprint density at radius 3 is 2.90 bits per heavy atom. The first-order valence-electron chi connectivity index (χ1n) is 7.67. The van der Waals surface area contributed by atoms with Crippen molar-refractivity contribution in [2.75, 3.05) is 19.7 Å². The van der Waals surface area contributed by atoms with E-state index < -0.39 is 0 Å². The van der Waals surface area contributed by atoms with E-state index >= 15 is 0 Å². The third kappa shape index (κ3) is 1.74. The molecule has 5 rings (SSSR count). The Labute approximate surface area is 119 Å². The van der Waals surface area contributed by atoms with Crippen LogP contribution >= 0.6 is 0 Å². The second-order valence-corrected chi connectivity index (χ2v) is 5.87. The number of piperidine rings is 3. The Kier molecular flexibility index (Phi) is 2.91. The number of nitrogens with zero attached hydrogens (tertiary/aromatic N) is 2. The molecule has 2 atom stereocenters. The molecule has 0 saturated carbocycles. The third-order valence-corrected chi connectivity index (χ3v) is 4.85. The maximum atomic E-state index is 5.80. The topological polar surface area (TPSA) is 36.9 Å². The second-order valence-electron chi connectivity index (χ2n) is 5.87. The molecule has 2 bridgehead atoms. The zero-order chi connectivity index (χ0) is 13.5. The van der Waals surface area contributed by atoms with Crippen LogP contribution in [0.15, 0.2) is 29.4 Å². The summed E-state index contributed by atoms with van der Waals surface area (Å²) in [5.41, 5.74) is 6.00. The summed E-state index contributed by atoms with van der Waals surface area (Å²) in [5.74, 6) is 1.69. The van der Waals surface area contributed by atoms with E-state index in [1.54, 1.807) is 0 Å². The second kappa shape index (κ2) is 4.77. The zero-order valence-electron chi connectivity index (χ0n) is 11.9. The van der Waals surface area contributed by atoms with Crippen molar-refractivity contribution >= 4 is 5.71 Å². The van der Waals surface area contributed by atoms with E-state index in [9.17, 15) is 0 Å². The first kappa shape index (κ1) is 12.2. The lowest BCUT2D eigenvalue weighted by Gasteiger charge is -2.45. The lowest BCUT2D eigenvalue weighted by atomic mass is 9.78. The first-order valence-corrected chi connectivity index (χ1v) is 7.67. The van der Waals surface area contributed by atoms with E-state index in [2.05, 4.69) is 33.6 Å². The van der Waals surface area contributed by atoms with Crippen molar-refractivity contribution in [3.05, 3.63) is 29.8 Å². The lowest BCUT2D eigenvalue weighted by molar-refractivity contribution is 0.132. The highest BCUT2D eigenvalue weighted by Crippen LogP contribution is 2.40. The lowest BCUT2D eigenvalue weighted by Crippen LogP contribution is -2.56. The van der Waals surface area contributed by atoms with E-state index in [4.69, 9.17) is 4.74 Å². The van der Waals surface area contributed by atoms with Gasteiger partial charge in [0.15, 0.2) is 0 Å². The predicted octanol–water partition coefficient (Wildman–Crippen LogP) is 2.18. The highest BCUT2D eigenvalue weighted by Gasteiger charge is 2.47.